The Bertz CT molecular complexity index is 1580. The number of nitrogens with zero attached hydrogens (tertiary/aromatic N) is 2. The Hall–Kier alpha value is -4.41. The van der Waals surface area contributed by atoms with Gasteiger partial charge in [-0.2, -0.15) is 5.10 Å². The van der Waals surface area contributed by atoms with Gasteiger partial charge in [-0.05, 0) is 59.5 Å². The van der Waals surface area contributed by atoms with Gasteiger partial charge in [0.1, 0.15) is 11.3 Å². The first-order valence-electron chi connectivity index (χ1n) is 11.5. The summed E-state index contributed by atoms with van der Waals surface area (Å²) in [6.45, 7) is 0. The van der Waals surface area contributed by atoms with Crippen LogP contribution in [0.2, 0.25) is 0 Å². The second kappa shape index (κ2) is 11.8. The predicted molar refractivity (Wildman–Crippen MR) is 150 cm³/mol. The standard InChI is InChI=1S/C28H22N4O4S2/c1-35-23-13-12-18(15-19(23)17-38-28-31-22-9-4-5-10-24(22)36-28)16-29-32-26(33)20-7-2-3-8-21(20)30-27(34)25-11-6-14-37-25/h2-16H,17H2,1H3,(H,30,34)(H,32,33)/b29-16+. The van der Waals surface area contributed by atoms with Gasteiger partial charge in [-0.15, -0.1) is 11.3 Å². The number of amides is 2. The number of hydrazone groups is 1. The molecule has 2 aromatic heterocycles. The van der Waals surface area contributed by atoms with E-state index in [0.717, 1.165) is 28.0 Å². The molecule has 0 radical (unpaired) electrons. The van der Waals surface area contributed by atoms with E-state index in [1.54, 1.807) is 49.7 Å². The van der Waals surface area contributed by atoms with Crippen molar-refractivity contribution < 1.29 is 18.7 Å². The van der Waals surface area contributed by atoms with Crippen molar-refractivity contribution in [2.45, 2.75) is 11.0 Å². The molecule has 5 rings (SSSR count). The van der Waals surface area contributed by atoms with Crippen molar-refractivity contribution in [2.75, 3.05) is 12.4 Å². The molecule has 0 fully saturated rings. The molecule has 10 heteroatoms. The quantitative estimate of drug-likeness (QED) is 0.130. The number of oxazole rings is 1. The van der Waals surface area contributed by atoms with Crippen LogP contribution in [0, 0.1) is 0 Å². The van der Waals surface area contributed by atoms with Crippen molar-refractivity contribution in [1.82, 2.24) is 10.4 Å². The first-order chi connectivity index (χ1) is 18.6. The first kappa shape index (κ1) is 25.2. The number of thioether (sulfide) groups is 1. The molecule has 0 saturated heterocycles. The minimum atomic E-state index is -0.441. The van der Waals surface area contributed by atoms with E-state index in [4.69, 9.17) is 9.15 Å². The second-order valence-corrected chi connectivity index (χ2v) is 9.86. The highest BCUT2D eigenvalue weighted by Crippen LogP contribution is 2.30. The lowest BCUT2D eigenvalue weighted by Gasteiger charge is -2.09. The van der Waals surface area contributed by atoms with Gasteiger partial charge in [-0.1, -0.05) is 42.1 Å². The molecule has 38 heavy (non-hydrogen) atoms. The number of thiophene rings is 1. The summed E-state index contributed by atoms with van der Waals surface area (Å²) in [6.07, 6.45) is 1.55. The van der Waals surface area contributed by atoms with Crippen LogP contribution < -0.4 is 15.5 Å². The highest BCUT2D eigenvalue weighted by molar-refractivity contribution is 7.98. The maximum Gasteiger partial charge on any atom is 0.273 e. The van der Waals surface area contributed by atoms with E-state index >= 15 is 0 Å². The summed E-state index contributed by atoms with van der Waals surface area (Å²) in [4.78, 5) is 30.3. The molecule has 2 N–H and O–H groups in total. The zero-order valence-electron chi connectivity index (χ0n) is 20.2. The van der Waals surface area contributed by atoms with Crippen LogP contribution in [-0.2, 0) is 5.75 Å². The zero-order valence-corrected chi connectivity index (χ0v) is 21.8. The van der Waals surface area contributed by atoms with Crippen LogP contribution in [0.1, 0.15) is 31.2 Å². The van der Waals surface area contributed by atoms with Crippen LogP contribution in [0.5, 0.6) is 5.75 Å². The maximum atomic E-state index is 12.8. The molecule has 2 heterocycles. The summed E-state index contributed by atoms with van der Waals surface area (Å²) in [5.74, 6) is 0.584. The third-order valence-electron chi connectivity index (χ3n) is 5.47. The average molecular weight is 543 g/mol. The first-order valence-corrected chi connectivity index (χ1v) is 13.4. The highest BCUT2D eigenvalue weighted by atomic mass is 32.2. The molecule has 0 unspecified atom stereocenters. The normalized spacial score (nSPS) is 11.1. The number of nitrogens with one attached hydrogen (secondary N) is 2. The summed E-state index contributed by atoms with van der Waals surface area (Å²) in [5.41, 5.74) is 6.50. The van der Waals surface area contributed by atoms with Crippen LogP contribution >= 0.6 is 23.1 Å². The van der Waals surface area contributed by atoms with Gasteiger partial charge in [0.25, 0.3) is 17.0 Å². The van der Waals surface area contributed by atoms with Crippen molar-refractivity contribution in [1.29, 1.82) is 0 Å². The number of para-hydroxylation sites is 3. The molecule has 8 nitrogen and oxygen atoms in total. The smallest absolute Gasteiger partial charge is 0.273 e. The average Bonchev–Trinajstić information content (AvgIpc) is 3.62. The van der Waals surface area contributed by atoms with E-state index in [-0.39, 0.29) is 5.91 Å². The van der Waals surface area contributed by atoms with Crippen LogP contribution in [-0.4, -0.2) is 30.1 Å². The van der Waals surface area contributed by atoms with Crippen LogP contribution in [0.25, 0.3) is 11.1 Å². The van der Waals surface area contributed by atoms with E-state index < -0.39 is 5.91 Å². The SMILES string of the molecule is COc1ccc(/C=N/NC(=O)c2ccccc2NC(=O)c2cccs2)cc1CSc1nc2ccccc2o1. The van der Waals surface area contributed by atoms with Crippen molar-refractivity contribution in [2.24, 2.45) is 5.10 Å². The Kier molecular flexibility index (Phi) is 7.81. The Balaban J connectivity index is 1.25. The summed E-state index contributed by atoms with van der Waals surface area (Å²) >= 11 is 2.79. The van der Waals surface area contributed by atoms with Gasteiger partial charge in [0.15, 0.2) is 5.58 Å². The van der Waals surface area contributed by atoms with Crippen LogP contribution in [0.15, 0.2) is 99.0 Å². The molecule has 0 aliphatic carbocycles. The number of anilines is 1. The summed E-state index contributed by atoms with van der Waals surface area (Å²) in [7, 11) is 1.62. The molecule has 0 spiro atoms. The fourth-order valence-corrected chi connectivity index (χ4v) is 5.09. The van der Waals surface area contributed by atoms with Crippen molar-refractivity contribution in [3.8, 4) is 5.75 Å². The number of fused-ring (bicyclic) bond motifs is 1. The fraction of sp³-hybridized carbons (Fsp3) is 0.0714. The summed E-state index contributed by atoms with van der Waals surface area (Å²) in [6, 6.07) is 23.5. The topological polar surface area (TPSA) is 106 Å². The van der Waals surface area contributed by atoms with Gasteiger partial charge in [0.2, 0.25) is 0 Å². The molecule has 0 bridgehead atoms. The van der Waals surface area contributed by atoms with Crippen molar-refractivity contribution in [3.05, 3.63) is 106 Å². The van der Waals surface area contributed by atoms with Gasteiger partial charge in [0, 0.05) is 11.3 Å². The Labute approximate surface area is 226 Å². The molecule has 5 aromatic rings. The zero-order chi connectivity index (χ0) is 26.3. The molecule has 0 saturated carbocycles. The predicted octanol–water partition coefficient (Wildman–Crippen LogP) is 6.21. The Morgan fingerprint density at radius 1 is 1.05 bits per heavy atom. The molecule has 0 aliphatic rings. The number of benzene rings is 3. The van der Waals surface area contributed by atoms with Crippen LogP contribution in [0.3, 0.4) is 0 Å². The van der Waals surface area contributed by atoms with Crippen molar-refractivity contribution >= 4 is 57.9 Å². The Morgan fingerprint density at radius 2 is 1.89 bits per heavy atom. The monoisotopic (exact) mass is 542 g/mol. The molecule has 3 aromatic carbocycles. The third kappa shape index (κ3) is 5.93. The number of aromatic nitrogens is 1. The number of hydrogen-bond acceptors (Lipinski definition) is 8. The lowest BCUT2D eigenvalue weighted by Crippen LogP contribution is -2.21. The van der Waals surface area contributed by atoms with Gasteiger partial charge in [0.05, 0.1) is 29.5 Å². The Morgan fingerprint density at radius 3 is 2.71 bits per heavy atom. The number of ether oxygens (including phenoxy) is 1. The molecule has 0 aliphatic heterocycles. The molecular weight excluding hydrogens is 520 g/mol. The van der Waals surface area contributed by atoms with E-state index in [1.807, 2.05) is 47.8 Å². The fourth-order valence-electron chi connectivity index (χ4n) is 3.65. The molecular formula is C28H22N4O4S2. The molecule has 190 valence electrons. The molecule has 2 amide bonds. The van der Waals surface area contributed by atoms with Crippen LogP contribution in [0.4, 0.5) is 5.69 Å². The van der Waals surface area contributed by atoms with E-state index in [0.29, 0.717) is 27.1 Å². The number of hydrogen-bond donors (Lipinski definition) is 2. The maximum absolute atomic E-state index is 12.8. The third-order valence-corrected chi connectivity index (χ3v) is 7.22. The summed E-state index contributed by atoms with van der Waals surface area (Å²) < 4.78 is 11.3. The van der Waals surface area contributed by atoms with E-state index in [2.05, 4.69) is 20.8 Å². The largest absolute Gasteiger partial charge is 0.496 e. The van der Waals surface area contributed by atoms with Gasteiger partial charge < -0.3 is 14.5 Å². The van der Waals surface area contributed by atoms with E-state index in [9.17, 15) is 9.59 Å². The number of carbonyl (C=O) groups excluding carboxylic acids is 2. The lowest BCUT2D eigenvalue weighted by atomic mass is 10.1. The number of carbonyl (C=O) groups is 2. The van der Waals surface area contributed by atoms with Gasteiger partial charge in [-0.25, -0.2) is 10.4 Å². The van der Waals surface area contributed by atoms with Gasteiger partial charge in [-0.3, -0.25) is 9.59 Å². The minimum Gasteiger partial charge on any atom is -0.496 e. The number of rotatable bonds is 9. The van der Waals surface area contributed by atoms with Crippen molar-refractivity contribution in [3.63, 3.8) is 0 Å². The minimum absolute atomic E-state index is 0.273. The molecule has 0 atom stereocenters. The highest BCUT2D eigenvalue weighted by Gasteiger charge is 2.14. The number of methoxy groups -OCH3 is 1. The second-order valence-electron chi connectivity index (χ2n) is 7.98. The lowest BCUT2D eigenvalue weighted by molar-refractivity contribution is 0.0956. The van der Waals surface area contributed by atoms with E-state index in [1.165, 1.54) is 23.1 Å². The van der Waals surface area contributed by atoms with Gasteiger partial charge >= 0.3 is 0 Å². The summed E-state index contributed by atoms with van der Waals surface area (Å²) in [5, 5.41) is 9.30.